The van der Waals surface area contributed by atoms with Gasteiger partial charge in [-0.05, 0) is 52.7 Å². The van der Waals surface area contributed by atoms with Crippen molar-refractivity contribution in [3.63, 3.8) is 0 Å². The van der Waals surface area contributed by atoms with Crippen molar-refractivity contribution in [1.82, 2.24) is 0 Å². The van der Waals surface area contributed by atoms with E-state index in [2.05, 4.69) is 21.2 Å². The molecule has 0 aliphatic carbocycles. The van der Waals surface area contributed by atoms with Crippen molar-refractivity contribution in [2.75, 3.05) is 5.32 Å². The van der Waals surface area contributed by atoms with Gasteiger partial charge in [-0.3, -0.25) is 4.79 Å². The molecule has 0 heterocycles. The van der Waals surface area contributed by atoms with Crippen LogP contribution in [0.1, 0.15) is 28.9 Å². The highest BCUT2D eigenvalue weighted by Gasteiger charge is 2.09. The fourth-order valence-electron chi connectivity index (χ4n) is 1.69. The molecule has 0 saturated heterocycles. The number of hydrogen-bond donors (Lipinski definition) is 2. The number of carbonyl (C=O) groups is 1. The zero-order valence-corrected chi connectivity index (χ0v) is 12.0. The van der Waals surface area contributed by atoms with Crippen LogP contribution in [0.5, 0.6) is 0 Å². The number of aliphatic hydroxyl groups is 1. The summed E-state index contributed by atoms with van der Waals surface area (Å²) >= 11 is 3.35. The highest BCUT2D eigenvalue weighted by atomic mass is 79.9. The summed E-state index contributed by atoms with van der Waals surface area (Å²) in [6.45, 7) is 1.70. The molecule has 2 rings (SSSR count). The maximum atomic E-state index is 12.1. The number of nitrogens with one attached hydrogen (secondary N) is 1. The Labute approximate surface area is 120 Å². The second-order valence-electron chi connectivity index (χ2n) is 4.23. The van der Waals surface area contributed by atoms with Crippen molar-refractivity contribution < 1.29 is 9.90 Å². The molecule has 0 unspecified atom stereocenters. The van der Waals surface area contributed by atoms with E-state index in [4.69, 9.17) is 0 Å². The molecule has 98 valence electrons. The molecular formula is C15H14BrNO2. The summed E-state index contributed by atoms with van der Waals surface area (Å²) < 4.78 is 0.758. The van der Waals surface area contributed by atoms with E-state index in [1.54, 1.807) is 37.3 Å². The van der Waals surface area contributed by atoms with E-state index in [0.717, 1.165) is 10.0 Å². The Hall–Kier alpha value is -1.65. The van der Waals surface area contributed by atoms with E-state index in [1.165, 1.54) is 0 Å². The van der Waals surface area contributed by atoms with Crippen molar-refractivity contribution in [1.29, 1.82) is 0 Å². The molecule has 0 aliphatic rings. The maximum Gasteiger partial charge on any atom is 0.256 e. The number of carbonyl (C=O) groups excluding carboxylic acids is 1. The van der Waals surface area contributed by atoms with Crippen molar-refractivity contribution in [3.8, 4) is 0 Å². The molecule has 3 nitrogen and oxygen atoms in total. The van der Waals surface area contributed by atoms with Gasteiger partial charge >= 0.3 is 0 Å². The molecule has 2 N–H and O–H groups in total. The van der Waals surface area contributed by atoms with Gasteiger partial charge in [0, 0.05) is 10.2 Å². The zero-order chi connectivity index (χ0) is 13.8. The summed E-state index contributed by atoms with van der Waals surface area (Å²) in [6, 6.07) is 14.4. The Bertz CT molecular complexity index is 579. The highest BCUT2D eigenvalue weighted by molar-refractivity contribution is 9.10. The van der Waals surface area contributed by atoms with Crippen LogP contribution < -0.4 is 5.32 Å². The molecule has 0 fully saturated rings. The lowest BCUT2D eigenvalue weighted by atomic mass is 10.1. The first kappa shape index (κ1) is 13.8. The van der Waals surface area contributed by atoms with Crippen LogP contribution in [0.2, 0.25) is 0 Å². The van der Waals surface area contributed by atoms with Gasteiger partial charge < -0.3 is 10.4 Å². The molecule has 4 heteroatoms. The molecule has 0 saturated carbocycles. The molecule has 2 aromatic carbocycles. The van der Waals surface area contributed by atoms with Gasteiger partial charge in [0.1, 0.15) is 0 Å². The van der Waals surface area contributed by atoms with Crippen LogP contribution in [-0.4, -0.2) is 11.0 Å². The first-order chi connectivity index (χ1) is 9.08. The fourth-order valence-corrected chi connectivity index (χ4v) is 2.15. The summed E-state index contributed by atoms with van der Waals surface area (Å²) in [5, 5.41) is 12.2. The van der Waals surface area contributed by atoms with Crippen molar-refractivity contribution in [2.24, 2.45) is 0 Å². The molecular weight excluding hydrogens is 306 g/mol. The molecule has 0 bridgehead atoms. The number of rotatable bonds is 3. The number of amides is 1. The predicted octanol–water partition coefficient (Wildman–Crippen LogP) is 3.75. The first-order valence-corrected chi connectivity index (χ1v) is 6.71. The number of anilines is 1. The second-order valence-corrected chi connectivity index (χ2v) is 5.09. The second kappa shape index (κ2) is 5.99. The van der Waals surface area contributed by atoms with E-state index in [9.17, 15) is 9.90 Å². The summed E-state index contributed by atoms with van der Waals surface area (Å²) in [6.07, 6.45) is -0.506. The third-order valence-electron chi connectivity index (χ3n) is 2.77. The van der Waals surface area contributed by atoms with Crippen molar-refractivity contribution >= 4 is 27.5 Å². The fraction of sp³-hybridized carbons (Fsp3) is 0.133. The highest BCUT2D eigenvalue weighted by Crippen LogP contribution is 2.19. The zero-order valence-electron chi connectivity index (χ0n) is 10.4. The Balaban J connectivity index is 2.13. The number of hydrogen-bond acceptors (Lipinski definition) is 2. The molecule has 0 radical (unpaired) electrons. The standard InChI is InChI=1S/C15H14BrNO2/c1-10(18)11-6-8-12(9-7-11)17-15(19)13-4-2-3-5-14(13)16/h2-10,18H,1H3,(H,17,19)/t10-/m0/s1. The van der Waals surface area contributed by atoms with Gasteiger partial charge in [0.2, 0.25) is 0 Å². The van der Waals surface area contributed by atoms with Gasteiger partial charge in [0.05, 0.1) is 11.7 Å². The summed E-state index contributed by atoms with van der Waals surface area (Å²) in [4.78, 5) is 12.1. The largest absolute Gasteiger partial charge is 0.389 e. The van der Waals surface area contributed by atoms with Gasteiger partial charge in [0.15, 0.2) is 0 Å². The number of benzene rings is 2. The number of aliphatic hydroxyl groups excluding tert-OH is 1. The number of halogens is 1. The monoisotopic (exact) mass is 319 g/mol. The first-order valence-electron chi connectivity index (χ1n) is 5.92. The van der Waals surface area contributed by atoms with Gasteiger partial charge in [-0.2, -0.15) is 0 Å². The summed E-state index contributed by atoms with van der Waals surface area (Å²) in [5.41, 5.74) is 2.10. The molecule has 0 aromatic heterocycles. The third kappa shape index (κ3) is 3.43. The van der Waals surface area contributed by atoms with E-state index in [0.29, 0.717) is 11.3 Å². The third-order valence-corrected chi connectivity index (χ3v) is 3.46. The van der Waals surface area contributed by atoms with Gasteiger partial charge in [0.25, 0.3) is 5.91 Å². The van der Waals surface area contributed by atoms with Crippen LogP contribution >= 0.6 is 15.9 Å². The van der Waals surface area contributed by atoms with Crippen LogP contribution in [-0.2, 0) is 0 Å². The molecule has 0 spiro atoms. The van der Waals surface area contributed by atoms with Gasteiger partial charge in [-0.15, -0.1) is 0 Å². The van der Waals surface area contributed by atoms with E-state index in [1.807, 2.05) is 18.2 Å². The smallest absolute Gasteiger partial charge is 0.256 e. The summed E-state index contributed by atoms with van der Waals surface area (Å²) in [5.74, 6) is -0.169. The Morgan fingerprint density at radius 3 is 2.37 bits per heavy atom. The minimum atomic E-state index is -0.506. The van der Waals surface area contributed by atoms with E-state index >= 15 is 0 Å². The van der Waals surface area contributed by atoms with Gasteiger partial charge in [-0.25, -0.2) is 0 Å². The lowest BCUT2D eigenvalue weighted by Crippen LogP contribution is -2.12. The molecule has 0 aliphatic heterocycles. The van der Waals surface area contributed by atoms with Crippen LogP contribution in [0.25, 0.3) is 0 Å². The summed E-state index contributed by atoms with van der Waals surface area (Å²) in [7, 11) is 0. The molecule has 2 aromatic rings. The van der Waals surface area contributed by atoms with Crippen LogP contribution in [0.3, 0.4) is 0 Å². The predicted molar refractivity (Wildman–Crippen MR) is 79.2 cm³/mol. The molecule has 1 atom stereocenters. The average Bonchev–Trinajstić information content (AvgIpc) is 2.39. The normalized spacial score (nSPS) is 11.9. The Kier molecular flexibility index (Phi) is 4.35. The van der Waals surface area contributed by atoms with Crippen molar-refractivity contribution in [3.05, 3.63) is 64.1 Å². The SMILES string of the molecule is C[C@H](O)c1ccc(NC(=O)c2ccccc2Br)cc1. The lowest BCUT2D eigenvalue weighted by molar-refractivity contribution is 0.102. The van der Waals surface area contributed by atoms with Crippen LogP contribution in [0, 0.1) is 0 Å². The molecule has 19 heavy (non-hydrogen) atoms. The average molecular weight is 320 g/mol. The van der Waals surface area contributed by atoms with Crippen LogP contribution in [0.15, 0.2) is 53.0 Å². The van der Waals surface area contributed by atoms with E-state index < -0.39 is 6.10 Å². The Morgan fingerprint density at radius 2 is 1.79 bits per heavy atom. The molecule has 1 amide bonds. The van der Waals surface area contributed by atoms with Crippen LogP contribution in [0.4, 0.5) is 5.69 Å². The minimum absolute atomic E-state index is 0.169. The topological polar surface area (TPSA) is 49.3 Å². The van der Waals surface area contributed by atoms with Gasteiger partial charge in [-0.1, -0.05) is 24.3 Å². The quantitative estimate of drug-likeness (QED) is 0.905. The minimum Gasteiger partial charge on any atom is -0.389 e. The van der Waals surface area contributed by atoms with E-state index in [-0.39, 0.29) is 5.91 Å². The maximum absolute atomic E-state index is 12.1. The Morgan fingerprint density at radius 1 is 1.16 bits per heavy atom. The van der Waals surface area contributed by atoms with Crippen molar-refractivity contribution in [2.45, 2.75) is 13.0 Å². The lowest BCUT2D eigenvalue weighted by Gasteiger charge is -2.09.